The lowest BCUT2D eigenvalue weighted by Crippen LogP contribution is -2.48. The van der Waals surface area contributed by atoms with Gasteiger partial charge in [-0.15, -0.1) is 0 Å². The molecule has 1 saturated heterocycles. The summed E-state index contributed by atoms with van der Waals surface area (Å²) in [7, 11) is 0. The van der Waals surface area contributed by atoms with Crippen LogP contribution >= 0.6 is 0 Å². The second-order valence-corrected chi connectivity index (χ2v) is 8.48. The first-order chi connectivity index (χ1) is 16.6. The molecule has 6 heteroatoms. The number of rotatable bonds is 5. The summed E-state index contributed by atoms with van der Waals surface area (Å²) in [5.74, 6) is 0.101. The van der Waals surface area contributed by atoms with E-state index in [0.29, 0.717) is 24.4 Å². The number of piperazine rings is 1. The molecule has 3 aromatic carbocycles. The molecule has 4 aromatic rings. The van der Waals surface area contributed by atoms with Crippen molar-refractivity contribution in [2.45, 2.75) is 13.3 Å². The third-order valence-electron chi connectivity index (χ3n) is 6.32. The molecule has 0 saturated carbocycles. The Balaban J connectivity index is 1.17. The van der Waals surface area contributed by atoms with Crippen LogP contribution in [-0.2, 0) is 6.42 Å². The number of aryl methyl sites for hydroxylation is 1. The Morgan fingerprint density at radius 1 is 0.882 bits per heavy atom. The molecule has 1 aliphatic rings. The monoisotopic (exact) mass is 453 g/mol. The van der Waals surface area contributed by atoms with Crippen molar-refractivity contribution in [3.8, 4) is 0 Å². The molecule has 6 nitrogen and oxygen atoms in total. The number of amides is 2. The number of carbonyl (C=O) groups is 2. The lowest BCUT2D eigenvalue weighted by molar-refractivity contribution is 0.0746. The lowest BCUT2D eigenvalue weighted by Gasteiger charge is -2.36. The molecule has 1 aromatic heterocycles. The molecule has 0 radical (unpaired) electrons. The van der Waals surface area contributed by atoms with Crippen LogP contribution in [0.5, 0.6) is 0 Å². The molecule has 2 heterocycles. The van der Waals surface area contributed by atoms with E-state index in [0.717, 1.165) is 36.1 Å². The standard InChI is InChI=1S/C28H27N3O3/c1-2-20-7-9-21(10-8-20)28(33)31-17-15-30(16-18-31)24-13-11-23(12-14-24)29-27(32)26-19-22-5-3-4-6-25(22)34-26/h3-14,19H,2,15-18H2,1H3,(H,29,32). The molecule has 0 spiro atoms. The Morgan fingerprint density at radius 3 is 2.26 bits per heavy atom. The second-order valence-electron chi connectivity index (χ2n) is 8.48. The maximum atomic E-state index is 12.8. The minimum absolute atomic E-state index is 0.0888. The molecule has 1 N–H and O–H groups in total. The summed E-state index contributed by atoms with van der Waals surface area (Å²) in [6.45, 7) is 5.00. The van der Waals surface area contributed by atoms with Gasteiger partial charge in [-0.2, -0.15) is 0 Å². The number of hydrogen-bond acceptors (Lipinski definition) is 4. The van der Waals surface area contributed by atoms with Crippen LogP contribution in [0, 0.1) is 0 Å². The summed E-state index contributed by atoms with van der Waals surface area (Å²) in [6, 6.07) is 25.0. The van der Waals surface area contributed by atoms with Crippen LogP contribution in [0.3, 0.4) is 0 Å². The van der Waals surface area contributed by atoms with E-state index in [2.05, 4.69) is 17.1 Å². The first kappa shape index (κ1) is 21.8. The Hall–Kier alpha value is -4.06. The number of para-hydroxylation sites is 1. The average Bonchev–Trinajstić information content (AvgIpc) is 3.34. The zero-order valence-corrected chi connectivity index (χ0v) is 19.2. The maximum absolute atomic E-state index is 12.8. The van der Waals surface area contributed by atoms with E-state index in [1.54, 1.807) is 6.07 Å². The van der Waals surface area contributed by atoms with Gasteiger partial charge in [0.05, 0.1) is 0 Å². The fourth-order valence-electron chi connectivity index (χ4n) is 4.28. The van der Waals surface area contributed by atoms with Crippen LogP contribution in [0.1, 0.15) is 33.4 Å². The highest BCUT2D eigenvalue weighted by atomic mass is 16.3. The van der Waals surface area contributed by atoms with Gasteiger partial charge in [0.2, 0.25) is 0 Å². The molecule has 1 fully saturated rings. The number of furan rings is 1. The highest BCUT2D eigenvalue weighted by molar-refractivity contribution is 6.04. The van der Waals surface area contributed by atoms with Crippen molar-refractivity contribution < 1.29 is 14.0 Å². The molecule has 172 valence electrons. The Kier molecular flexibility index (Phi) is 6.04. The summed E-state index contributed by atoms with van der Waals surface area (Å²) in [5, 5.41) is 3.79. The van der Waals surface area contributed by atoms with E-state index in [4.69, 9.17) is 4.42 Å². The zero-order valence-electron chi connectivity index (χ0n) is 19.2. The number of benzene rings is 3. The van der Waals surface area contributed by atoms with Crippen molar-refractivity contribution in [3.05, 3.63) is 95.7 Å². The number of nitrogens with one attached hydrogen (secondary N) is 1. The Morgan fingerprint density at radius 2 is 1.59 bits per heavy atom. The molecule has 0 bridgehead atoms. The molecule has 34 heavy (non-hydrogen) atoms. The molecule has 0 aliphatic carbocycles. The van der Waals surface area contributed by atoms with Crippen LogP contribution in [-0.4, -0.2) is 42.9 Å². The fraction of sp³-hybridized carbons (Fsp3) is 0.214. The van der Waals surface area contributed by atoms with E-state index in [1.165, 1.54) is 5.56 Å². The van der Waals surface area contributed by atoms with Crippen LogP contribution in [0.25, 0.3) is 11.0 Å². The predicted octanol–water partition coefficient (Wildman–Crippen LogP) is 5.21. The van der Waals surface area contributed by atoms with E-state index in [1.807, 2.05) is 77.7 Å². The lowest BCUT2D eigenvalue weighted by atomic mass is 10.1. The predicted molar refractivity (Wildman–Crippen MR) is 135 cm³/mol. The summed E-state index contributed by atoms with van der Waals surface area (Å²) in [6.07, 6.45) is 0.968. The van der Waals surface area contributed by atoms with Gasteiger partial charge in [-0.05, 0) is 60.5 Å². The van der Waals surface area contributed by atoms with Crippen molar-refractivity contribution >= 4 is 34.2 Å². The van der Waals surface area contributed by atoms with Gasteiger partial charge >= 0.3 is 0 Å². The minimum atomic E-state index is -0.275. The maximum Gasteiger partial charge on any atom is 0.291 e. The Bertz CT molecular complexity index is 1270. The Labute approximate surface area is 198 Å². The highest BCUT2D eigenvalue weighted by Crippen LogP contribution is 2.23. The van der Waals surface area contributed by atoms with Crippen LogP contribution in [0.15, 0.2) is 83.3 Å². The van der Waals surface area contributed by atoms with Crippen molar-refractivity contribution in [2.24, 2.45) is 0 Å². The average molecular weight is 454 g/mol. The summed E-state index contributed by atoms with van der Waals surface area (Å²) >= 11 is 0. The van der Waals surface area contributed by atoms with Crippen LogP contribution in [0.2, 0.25) is 0 Å². The quantitative estimate of drug-likeness (QED) is 0.451. The number of anilines is 2. The molecular formula is C28H27N3O3. The molecule has 5 rings (SSSR count). The van der Waals surface area contributed by atoms with Gasteiger partial charge in [-0.25, -0.2) is 0 Å². The van der Waals surface area contributed by atoms with Crippen molar-refractivity contribution in [2.75, 3.05) is 36.4 Å². The van der Waals surface area contributed by atoms with Gasteiger partial charge in [-0.3, -0.25) is 9.59 Å². The summed E-state index contributed by atoms with van der Waals surface area (Å²) in [5.41, 5.74) is 4.45. The summed E-state index contributed by atoms with van der Waals surface area (Å²) < 4.78 is 5.64. The summed E-state index contributed by atoms with van der Waals surface area (Å²) in [4.78, 5) is 29.6. The SMILES string of the molecule is CCc1ccc(C(=O)N2CCN(c3ccc(NC(=O)c4cc5ccccc5o4)cc3)CC2)cc1. The largest absolute Gasteiger partial charge is 0.451 e. The number of carbonyl (C=O) groups excluding carboxylic acids is 2. The van der Waals surface area contributed by atoms with Crippen LogP contribution in [0.4, 0.5) is 11.4 Å². The number of hydrogen-bond donors (Lipinski definition) is 1. The second kappa shape index (κ2) is 9.43. The minimum Gasteiger partial charge on any atom is -0.451 e. The normalized spacial score (nSPS) is 13.8. The molecule has 1 aliphatic heterocycles. The van der Waals surface area contributed by atoms with E-state index < -0.39 is 0 Å². The van der Waals surface area contributed by atoms with E-state index >= 15 is 0 Å². The van der Waals surface area contributed by atoms with E-state index in [9.17, 15) is 9.59 Å². The van der Waals surface area contributed by atoms with Gasteiger partial charge in [0, 0.05) is 48.5 Å². The molecule has 0 atom stereocenters. The van der Waals surface area contributed by atoms with Gasteiger partial charge in [0.15, 0.2) is 5.76 Å². The van der Waals surface area contributed by atoms with Crippen molar-refractivity contribution in [1.82, 2.24) is 4.90 Å². The molecule has 0 unspecified atom stereocenters. The highest BCUT2D eigenvalue weighted by Gasteiger charge is 2.22. The van der Waals surface area contributed by atoms with Gasteiger partial charge in [0.25, 0.3) is 11.8 Å². The van der Waals surface area contributed by atoms with Gasteiger partial charge < -0.3 is 19.5 Å². The van der Waals surface area contributed by atoms with Crippen molar-refractivity contribution in [1.29, 1.82) is 0 Å². The topological polar surface area (TPSA) is 65.8 Å². The smallest absolute Gasteiger partial charge is 0.291 e. The third kappa shape index (κ3) is 4.53. The molecular weight excluding hydrogens is 426 g/mol. The van der Waals surface area contributed by atoms with Crippen LogP contribution < -0.4 is 10.2 Å². The van der Waals surface area contributed by atoms with Crippen molar-refractivity contribution in [3.63, 3.8) is 0 Å². The molecule has 2 amide bonds. The number of nitrogens with zero attached hydrogens (tertiary/aromatic N) is 2. The van der Waals surface area contributed by atoms with E-state index in [-0.39, 0.29) is 17.6 Å². The van der Waals surface area contributed by atoms with Gasteiger partial charge in [0.1, 0.15) is 5.58 Å². The van der Waals surface area contributed by atoms with Gasteiger partial charge in [-0.1, -0.05) is 37.3 Å². The first-order valence-corrected chi connectivity index (χ1v) is 11.6. The zero-order chi connectivity index (χ0) is 23.5. The number of fused-ring (bicyclic) bond motifs is 1. The third-order valence-corrected chi connectivity index (χ3v) is 6.32. The first-order valence-electron chi connectivity index (χ1n) is 11.6. The fourth-order valence-corrected chi connectivity index (χ4v) is 4.28.